The van der Waals surface area contributed by atoms with Crippen molar-refractivity contribution in [3.63, 3.8) is 0 Å². The molecule has 0 saturated carbocycles. The van der Waals surface area contributed by atoms with Gasteiger partial charge in [0.2, 0.25) is 11.8 Å². The van der Waals surface area contributed by atoms with Crippen LogP contribution in [0.15, 0.2) is 34.7 Å². The van der Waals surface area contributed by atoms with Gasteiger partial charge in [-0.25, -0.2) is 0 Å². The molecule has 1 aliphatic heterocycles. The van der Waals surface area contributed by atoms with Gasteiger partial charge in [-0.1, -0.05) is 18.2 Å². The fraction of sp³-hybridized carbons (Fsp3) is 0.579. The predicted octanol–water partition coefficient (Wildman–Crippen LogP) is 2.26. The van der Waals surface area contributed by atoms with Gasteiger partial charge >= 0.3 is 0 Å². The van der Waals surface area contributed by atoms with Crippen LogP contribution >= 0.6 is 0 Å². The van der Waals surface area contributed by atoms with E-state index in [0.717, 1.165) is 31.7 Å². The second kappa shape index (κ2) is 8.56. The predicted molar refractivity (Wildman–Crippen MR) is 96.9 cm³/mol. The van der Waals surface area contributed by atoms with Gasteiger partial charge in [0, 0.05) is 18.7 Å². The van der Waals surface area contributed by atoms with E-state index in [9.17, 15) is 5.11 Å². The smallest absolute Gasteiger partial charge is 0.247 e. The third kappa shape index (κ3) is 5.36. The normalized spacial score (nSPS) is 17.9. The number of aliphatic hydroxyl groups is 1. The fourth-order valence-corrected chi connectivity index (χ4v) is 3.48. The molecule has 6 nitrogen and oxygen atoms in total. The molecule has 1 unspecified atom stereocenters. The van der Waals surface area contributed by atoms with Crippen LogP contribution in [0.1, 0.15) is 25.7 Å². The maximum Gasteiger partial charge on any atom is 0.247 e. The molecule has 0 aliphatic carbocycles. The third-order valence-electron chi connectivity index (χ3n) is 4.69. The molecular weight excluding hydrogens is 316 g/mol. The van der Waals surface area contributed by atoms with E-state index in [-0.39, 0.29) is 6.10 Å². The van der Waals surface area contributed by atoms with Gasteiger partial charge in [-0.15, -0.1) is 10.2 Å². The first-order valence-corrected chi connectivity index (χ1v) is 9.07. The molecule has 25 heavy (non-hydrogen) atoms. The Bertz CT molecular complexity index is 636. The lowest BCUT2D eigenvalue weighted by atomic mass is 9.96. The quantitative estimate of drug-likeness (QED) is 0.831. The summed E-state index contributed by atoms with van der Waals surface area (Å²) >= 11 is 0. The van der Waals surface area contributed by atoms with Crippen molar-refractivity contribution in [2.75, 3.05) is 33.2 Å². The summed E-state index contributed by atoms with van der Waals surface area (Å²) in [6.45, 7) is 6.49. The molecule has 1 saturated heterocycles. The van der Waals surface area contributed by atoms with Crippen LogP contribution in [0, 0.1) is 5.92 Å². The highest BCUT2D eigenvalue weighted by atomic mass is 16.4. The van der Waals surface area contributed by atoms with Crippen molar-refractivity contribution in [2.24, 2.45) is 5.92 Å². The summed E-state index contributed by atoms with van der Waals surface area (Å²) in [7, 11) is 2.11. The summed E-state index contributed by atoms with van der Waals surface area (Å²) in [4.78, 5) is 4.61. The Hall–Kier alpha value is -1.76. The van der Waals surface area contributed by atoms with E-state index in [0.29, 0.717) is 24.2 Å². The highest BCUT2D eigenvalue weighted by molar-refractivity contribution is 5.51. The number of hydrogen-bond acceptors (Lipinski definition) is 6. The highest BCUT2D eigenvalue weighted by Crippen LogP contribution is 2.20. The molecule has 0 amide bonds. The van der Waals surface area contributed by atoms with Crippen LogP contribution < -0.4 is 0 Å². The van der Waals surface area contributed by atoms with Crippen molar-refractivity contribution in [3.05, 3.63) is 36.2 Å². The summed E-state index contributed by atoms with van der Waals surface area (Å²) in [5.41, 5.74) is 0.953. The van der Waals surface area contributed by atoms with E-state index in [1.807, 2.05) is 37.3 Å². The Morgan fingerprint density at radius 2 is 1.96 bits per heavy atom. The number of piperidine rings is 1. The van der Waals surface area contributed by atoms with Gasteiger partial charge in [0.15, 0.2) is 0 Å². The zero-order chi connectivity index (χ0) is 17.6. The number of hydrogen-bond donors (Lipinski definition) is 1. The van der Waals surface area contributed by atoms with Crippen LogP contribution in [-0.2, 0) is 6.54 Å². The van der Waals surface area contributed by atoms with Crippen LogP contribution in [-0.4, -0.2) is 64.4 Å². The van der Waals surface area contributed by atoms with Crippen LogP contribution in [0.4, 0.5) is 0 Å². The van der Waals surface area contributed by atoms with Gasteiger partial charge in [0.1, 0.15) is 0 Å². The maximum atomic E-state index is 9.49. The summed E-state index contributed by atoms with van der Waals surface area (Å²) in [5.74, 6) is 1.93. The first-order valence-electron chi connectivity index (χ1n) is 9.07. The van der Waals surface area contributed by atoms with Gasteiger partial charge in [0.25, 0.3) is 0 Å². The molecule has 1 fully saturated rings. The van der Waals surface area contributed by atoms with Crippen LogP contribution in [0.25, 0.3) is 11.5 Å². The van der Waals surface area contributed by atoms with E-state index >= 15 is 0 Å². The molecule has 0 radical (unpaired) electrons. The number of aliphatic hydroxyl groups excluding tert-OH is 1. The van der Waals surface area contributed by atoms with E-state index in [2.05, 4.69) is 27.0 Å². The SMILES string of the molecule is CC(O)CN1CCC(CN(C)Cc2nnc(-c3ccccc3)o2)CC1. The lowest BCUT2D eigenvalue weighted by molar-refractivity contribution is 0.0911. The third-order valence-corrected chi connectivity index (χ3v) is 4.69. The summed E-state index contributed by atoms with van der Waals surface area (Å²) in [6.07, 6.45) is 2.11. The Labute approximate surface area is 149 Å². The van der Waals surface area contributed by atoms with Gasteiger partial charge < -0.3 is 14.4 Å². The van der Waals surface area contributed by atoms with E-state index in [1.54, 1.807) is 0 Å². The molecule has 1 aromatic carbocycles. The highest BCUT2D eigenvalue weighted by Gasteiger charge is 2.21. The van der Waals surface area contributed by atoms with Gasteiger partial charge in [-0.3, -0.25) is 4.90 Å². The largest absolute Gasteiger partial charge is 0.419 e. The Morgan fingerprint density at radius 3 is 2.64 bits per heavy atom. The number of aromatic nitrogens is 2. The van der Waals surface area contributed by atoms with Crippen molar-refractivity contribution >= 4 is 0 Å². The maximum absolute atomic E-state index is 9.49. The first-order chi connectivity index (χ1) is 12.1. The average molecular weight is 344 g/mol. The number of nitrogens with zero attached hydrogens (tertiary/aromatic N) is 4. The lowest BCUT2D eigenvalue weighted by Crippen LogP contribution is -2.40. The molecule has 1 N–H and O–H groups in total. The molecule has 1 aromatic heterocycles. The van der Waals surface area contributed by atoms with Gasteiger partial charge in [0.05, 0.1) is 12.6 Å². The molecule has 0 spiro atoms. The van der Waals surface area contributed by atoms with Crippen LogP contribution in [0.3, 0.4) is 0 Å². The second-order valence-corrected chi connectivity index (χ2v) is 7.16. The standard InChI is InChI=1S/C19H28N4O2/c1-15(24)12-23-10-8-16(9-11-23)13-22(2)14-18-20-21-19(25-18)17-6-4-3-5-7-17/h3-7,15-16,24H,8-14H2,1-2H3. The second-order valence-electron chi connectivity index (χ2n) is 7.16. The monoisotopic (exact) mass is 344 g/mol. The van der Waals surface area contributed by atoms with Crippen molar-refractivity contribution in [1.82, 2.24) is 20.0 Å². The Morgan fingerprint density at radius 1 is 1.24 bits per heavy atom. The summed E-state index contributed by atoms with van der Waals surface area (Å²) in [6, 6.07) is 9.86. The number of benzene rings is 1. The van der Waals surface area contributed by atoms with Gasteiger partial charge in [-0.2, -0.15) is 0 Å². The molecule has 0 bridgehead atoms. The van der Waals surface area contributed by atoms with E-state index < -0.39 is 0 Å². The molecule has 2 heterocycles. The summed E-state index contributed by atoms with van der Waals surface area (Å²) in [5, 5.41) is 17.8. The topological polar surface area (TPSA) is 65.6 Å². The Kier molecular flexibility index (Phi) is 6.18. The van der Waals surface area contributed by atoms with Crippen LogP contribution in [0.5, 0.6) is 0 Å². The van der Waals surface area contributed by atoms with E-state index in [4.69, 9.17) is 4.42 Å². The lowest BCUT2D eigenvalue weighted by Gasteiger charge is -2.34. The van der Waals surface area contributed by atoms with Crippen molar-refractivity contribution in [3.8, 4) is 11.5 Å². The number of likely N-dealkylation sites (tertiary alicyclic amines) is 1. The number of rotatable bonds is 7. The Balaban J connectivity index is 1.46. The van der Waals surface area contributed by atoms with E-state index in [1.165, 1.54) is 12.8 Å². The first kappa shape index (κ1) is 18.0. The molecule has 1 aliphatic rings. The molecule has 6 heteroatoms. The van der Waals surface area contributed by atoms with Gasteiger partial charge in [-0.05, 0) is 58.0 Å². The molecule has 1 atom stereocenters. The minimum atomic E-state index is -0.240. The average Bonchev–Trinajstić information content (AvgIpc) is 3.05. The minimum absolute atomic E-state index is 0.240. The molecular formula is C19H28N4O2. The minimum Gasteiger partial charge on any atom is -0.419 e. The van der Waals surface area contributed by atoms with Crippen LogP contribution in [0.2, 0.25) is 0 Å². The van der Waals surface area contributed by atoms with Crippen molar-refractivity contribution in [1.29, 1.82) is 0 Å². The van der Waals surface area contributed by atoms with Crippen molar-refractivity contribution in [2.45, 2.75) is 32.4 Å². The zero-order valence-electron chi connectivity index (χ0n) is 15.1. The molecule has 3 rings (SSSR count). The fourth-order valence-electron chi connectivity index (χ4n) is 3.48. The molecule has 2 aromatic rings. The summed E-state index contributed by atoms with van der Waals surface area (Å²) < 4.78 is 5.79. The van der Waals surface area contributed by atoms with Crippen molar-refractivity contribution < 1.29 is 9.52 Å². The zero-order valence-corrected chi connectivity index (χ0v) is 15.1. The molecule has 136 valence electrons. The number of β-amino-alcohol motifs (C(OH)–C–C–N with tert-alkyl or cyclic N) is 1.